The lowest BCUT2D eigenvalue weighted by atomic mass is 10.0. The summed E-state index contributed by atoms with van der Waals surface area (Å²) in [4.78, 5) is 32.3. The first-order valence-electron chi connectivity index (χ1n) is 8.76. The number of aryl methyl sites for hydroxylation is 1. The number of hydrogen-bond acceptors (Lipinski definition) is 6. The molecule has 1 N–H and O–H groups in total. The van der Waals surface area contributed by atoms with Crippen LogP contribution in [0.3, 0.4) is 0 Å². The smallest absolute Gasteiger partial charge is 0.287 e. The first-order chi connectivity index (χ1) is 13.1. The summed E-state index contributed by atoms with van der Waals surface area (Å²) in [6.45, 7) is 3.02. The number of likely N-dealkylation sites (tertiary alicyclic amines) is 1. The van der Waals surface area contributed by atoms with Gasteiger partial charge in [0, 0.05) is 24.5 Å². The number of rotatable bonds is 4. The van der Waals surface area contributed by atoms with Crippen LogP contribution in [0.1, 0.15) is 39.6 Å². The largest absolute Gasteiger partial charge is 0.456 e. The predicted molar refractivity (Wildman–Crippen MR) is 105 cm³/mol. The summed E-state index contributed by atoms with van der Waals surface area (Å²) in [6, 6.07) is 7.48. The van der Waals surface area contributed by atoms with Crippen molar-refractivity contribution in [1.29, 1.82) is 0 Å². The van der Waals surface area contributed by atoms with Crippen molar-refractivity contribution >= 4 is 34.5 Å². The Labute approximate surface area is 164 Å². The van der Waals surface area contributed by atoms with Crippen LogP contribution in [0.25, 0.3) is 9.88 Å². The topological polar surface area (TPSA) is 75.4 Å². The highest BCUT2D eigenvalue weighted by Gasteiger charge is 2.26. The fraction of sp³-hybridized carbons (Fsp3) is 0.316. The van der Waals surface area contributed by atoms with Crippen LogP contribution >= 0.6 is 22.7 Å². The van der Waals surface area contributed by atoms with Crippen LogP contribution in [-0.4, -0.2) is 40.8 Å². The normalized spacial score (nSPS) is 15.1. The number of carbonyl (C=O) groups excluding carboxylic acids is 2. The lowest BCUT2D eigenvalue weighted by Gasteiger charge is -2.31. The minimum Gasteiger partial charge on any atom is -0.456 e. The summed E-state index contributed by atoms with van der Waals surface area (Å²) in [7, 11) is 0. The molecule has 3 aromatic heterocycles. The average molecular weight is 402 g/mol. The van der Waals surface area contributed by atoms with E-state index in [0.29, 0.717) is 30.3 Å². The quantitative estimate of drug-likeness (QED) is 0.721. The zero-order valence-electron chi connectivity index (χ0n) is 14.8. The van der Waals surface area contributed by atoms with E-state index in [4.69, 9.17) is 4.42 Å². The van der Waals surface area contributed by atoms with Crippen LogP contribution in [0.15, 0.2) is 39.4 Å². The molecule has 27 heavy (non-hydrogen) atoms. The van der Waals surface area contributed by atoms with E-state index in [1.165, 1.54) is 11.3 Å². The van der Waals surface area contributed by atoms with Crippen molar-refractivity contribution in [2.75, 3.05) is 13.1 Å². The van der Waals surface area contributed by atoms with Crippen molar-refractivity contribution in [3.8, 4) is 9.88 Å². The van der Waals surface area contributed by atoms with Crippen molar-refractivity contribution in [1.82, 2.24) is 15.2 Å². The number of nitrogens with zero attached hydrogens (tertiary/aromatic N) is 2. The predicted octanol–water partition coefficient (Wildman–Crippen LogP) is 3.81. The van der Waals surface area contributed by atoms with Gasteiger partial charge < -0.3 is 14.6 Å². The molecule has 0 aliphatic carbocycles. The van der Waals surface area contributed by atoms with E-state index < -0.39 is 0 Å². The number of thiophene rings is 1. The van der Waals surface area contributed by atoms with Gasteiger partial charge in [0.25, 0.3) is 11.8 Å². The van der Waals surface area contributed by atoms with E-state index in [9.17, 15) is 9.59 Å². The van der Waals surface area contributed by atoms with Gasteiger partial charge in [-0.2, -0.15) is 0 Å². The number of carbonyl (C=O) groups is 2. The number of thiazole rings is 1. The molecular formula is C19H19N3O3S2. The Balaban J connectivity index is 1.32. The first kappa shape index (κ1) is 17.9. The summed E-state index contributed by atoms with van der Waals surface area (Å²) in [5.41, 5.74) is 0.497. The summed E-state index contributed by atoms with van der Waals surface area (Å²) < 4.78 is 5.35. The fourth-order valence-corrected chi connectivity index (χ4v) is 4.70. The first-order valence-corrected chi connectivity index (χ1v) is 10.5. The molecule has 2 amide bonds. The number of nitrogens with one attached hydrogen (secondary N) is 1. The molecule has 6 nitrogen and oxygen atoms in total. The van der Waals surface area contributed by atoms with Gasteiger partial charge in [0.2, 0.25) is 0 Å². The third-order valence-electron chi connectivity index (χ3n) is 4.54. The Morgan fingerprint density at radius 2 is 2.04 bits per heavy atom. The van der Waals surface area contributed by atoms with Crippen LogP contribution in [0.2, 0.25) is 0 Å². The molecule has 1 aliphatic heterocycles. The highest BCUT2D eigenvalue weighted by Crippen LogP contribution is 2.28. The Morgan fingerprint density at radius 1 is 1.22 bits per heavy atom. The zero-order chi connectivity index (χ0) is 18.8. The van der Waals surface area contributed by atoms with Gasteiger partial charge in [-0.15, -0.1) is 22.7 Å². The molecule has 8 heteroatoms. The van der Waals surface area contributed by atoms with Gasteiger partial charge in [0.1, 0.15) is 16.5 Å². The molecule has 0 saturated carbocycles. The van der Waals surface area contributed by atoms with Crippen LogP contribution in [0.4, 0.5) is 0 Å². The third-order valence-corrected chi connectivity index (χ3v) is 6.42. The number of piperidine rings is 1. The van der Waals surface area contributed by atoms with Crippen molar-refractivity contribution in [2.24, 2.45) is 0 Å². The van der Waals surface area contributed by atoms with Crippen molar-refractivity contribution < 1.29 is 14.0 Å². The maximum absolute atomic E-state index is 12.7. The molecule has 1 aliphatic rings. The Kier molecular flexibility index (Phi) is 5.09. The molecule has 0 unspecified atom stereocenters. The van der Waals surface area contributed by atoms with E-state index >= 15 is 0 Å². The van der Waals surface area contributed by atoms with Crippen LogP contribution in [0, 0.1) is 6.92 Å². The van der Waals surface area contributed by atoms with E-state index in [0.717, 1.165) is 22.7 Å². The van der Waals surface area contributed by atoms with Crippen molar-refractivity contribution in [2.45, 2.75) is 25.8 Å². The standard InChI is InChI=1S/C19H19N3O3S2/c1-12-4-5-15(25-12)17(23)20-13-6-8-22(9-7-13)19(24)14-11-27-18(21-14)16-3-2-10-26-16/h2-5,10-11,13H,6-9H2,1H3,(H,20,23). The molecule has 0 spiro atoms. The molecule has 4 rings (SSSR count). The summed E-state index contributed by atoms with van der Waals surface area (Å²) in [5.74, 6) is 0.800. The van der Waals surface area contributed by atoms with Gasteiger partial charge in [0.05, 0.1) is 4.88 Å². The Morgan fingerprint density at radius 3 is 2.70 bits per heavy atom. The number of amides is 2. The summed E-state index contributed by atoms with van der Waals surface area (Å²) in [6.07, 6.45) is 1.44. The van der Waals surface area contributed by atoms with Gasteiger partial charge in [-0.25, -0.2) is 4.98 Å². The highest BCUT2D eigenvalue weighted by atomic mass is 32.1. The second-order valence-corrected chi connectivity index (χ2v) is 8.27. The highest BCUT2D eigenvalue weighted by molar-refractivity contribution is 7.20. The third kappa shape index (κ3) is 3.96. The van der Waals surface area contributed by atoms with Gasteiger partial charge in [-0.3, -0.25) is 9.59 Å². The molecule has 0 radical (unpaired) electrons. The van der Waals surface area contributed by atoms with E-state index in [1.54, 1.807) is 23.5 Å². The second kappa shape index (κ2) is 7.66. The molecule has 4 heterocycles. The fourth-order valence-electron chi connectivity index (χ4n) is 3.09. The molecule has 0 aromatic carbocycles. The number of aromatic nitrogens is 1. The average Bonchev–Trinajstić information content (AvgIpc) is 3.42. The minimum absolute atomic E-state index is 0.0412. The van der Waals surface area contributed by atoms with Crippen LogP contribution in [0.5, 0.6) is 0 Å². The van der Waals surface area contributed by atoms with Gasteiger partial charge in [-0.05, 0) is 43.3 Å². The Bertz CT molecular complexity index is 937. The van der Waals surface area contributed by atoms with Gasteiger partial charge >= 0.3 is 0 Å². The van der Waals surface area contributed by atoms with Crippen LogP contribution < -0.4 is 5.32 Å². The van der Waals surface area contributed by atoms with E-state index in [1.807, 2.05) is 34.7 Å². The van der Waals surface area contributed by atoms with Crippen LogP contribution in [-0.2, 0) is 0 Å². The second-order valence-electron chi connectivity index (χ2n) is 6.47. The lowest BCUT2D eigenvalue weighted by Crippen LogP contribution is -2.46. The molecule has 0 bridgehead atoms. The Hall–Kier alpha value is -2.45. The molecule has 1 saturated heterocycles. The zero-order valence-corrected chi connectivity index (χ0v) is 16.4. The molecule has 0 atom stereocenters. The maximum Gasteiger partial charge on any atom is 0.287 e. The molecule has 1 fully saturated rings. The molecule has 3 aromatic rings. The molecule has 140 valence electrons. The molecular weight excluding hydrogens is 382 g/mol. The lowest BCUT2D eigenvalue weighted by molar-refractivity contribution is 0.0691. The number of hydrogen-bond donors (Lipinski definition) is 1. The summed E-state index contributed by atoms with van der Waals surface area (Å²) >= 11 is 3.11. The van der Waals surface area contributed by atoms with Gasteiger partial charge in [-0.1, -0.05) is 6.07 Å². The minimum atomic E-state index is -0.201. The van der Waals surface area contributed by atoms with Gasteiger partial charge in [0.15, 0.2) is 5.76 Å². The monoisotopic (exact) mass is 401 g/mol. The maximum atomic E-state index is 12.7. The SMILES string of the molecule is Cc1ccc(C(=O)NC2CCN(C(=O)c3csc(-c4cccs4)n3)CC2)o1. The summed E-state index contributed by atoms with van der Waals surface area (Å²) in [5, 5.41) is 7.69. The number of furan rings is 1. The van der Waals surface area contributed by atoms with Crippen molar-refractivity contribution in [3.05, 3.63) is 52.2 Å². The van der Waals surface area contributed by atoms with E-state index in [2.05, 4.69) is 10.3 Å². The van der Waals surface area contributed by atoms with Crippen molar-refractivity contribution in [3.63, 3.8) is 0 Å². The van der Waals surface area contributed by atoms with E-state index in [-0.39, 0.29) is 17.9 Å².